The molecule has 0 bridgehead atoms. The number of aromatic nitrogens is 5. The molecule has 1 fully saturated rings. The highest BCUT2D eigenvalue weighted by Gasteiger charge is 2.32. The van der Waals surface area contributed by atoms with Crippen LogP contribution in [0.25, 0.3) is 11.3 Å². The van der Waals surface area contributed by atoms with Crippen LogP contribution in [0.3, 0.4) is 0 Å². The lowest BCUT2D eigenvalue weighted by Crippen LogP contribution is -2.44. The zero-order valence-corrected chi connectivity index (χ0v) is 32.6. The van der Waals surface area contributed by atoms with Gasteiger partial charge in [0.1, 0.15) is 17.7 Å². The van der Waals surface area contributed by atoms with Crippen LogP contribution in [0.2, 0.25) is 5.02 Å². The number of piperidine rings is 1. The second-order valence-electron chi connectivity index (χ2n) is 15.1. The molecule has 5 aromatic rings. The van der Waals surface area contributed by atoms with Gasteiger partial charge in [0, 0.05) is 34.8 Å². The summed E-state index contributed by atoms with van der Waals surface area (Å²) in [6.45, 7) is 10.8. The number of carbonyl (C=O) groups excluding carboxylic acids is 1. The zero-order chi connectivity index (χ0) is 37.4. The molecule has 5 atom stereocenters. The standard InChI is InChI=1S/C39H47ClN8O4S/c1-24-10-9-11-25(2)47(24)38-44-43-35-19-15-28(22-46(35)38)52-33-18-17-32(29-12-7-8-13-30(29)33)41-37(49)42-36-21-34(39(3,4)5)45-48(36)27-14-16-31(40)26(20-27)23-51-53(6)50/h7-8,12-16,19-22,24-25,32-33H,9-11,17-18,23H2,1-6H3,(H2,41,42,49). The van der Waals surface area contributed by atoms with E-state index in [1.54, 1.807) is 10.7 Å². The van der Waals surface area contributed by atoms with Gasteiger partial charge in [-0.15, -0.1) is 10.2 Å². The van der Waals surface area contributed by atoms with Crippen molar-refractivity contribution >= 4 is 46.1 Å². The second-order valence-corrected chi connectivity index (χ2v) is 16.6. The maximum Gasteiger partial charge on any atom is 0.320 e. The van der Waals surface area contributed by atoms with Crippen molar-refractivity contribution in [1.82, 2.24) is 29.7 Å². The Morgan fingerprint density at radius 1 is 0.981 bits per heavy atom. The average molecular weight is 759 g/mol. The van der Waals surface area contributed by atoms with Crippen molar-refractivity contribution in [2.45, 2.75) is 103 Å². The summed E-state index contributed by atoms with van der Waals surface area (Å²) in [6.07, 6.45) is 8.14. The number of benzene rings is 2. The van der Waals surface area contributed by atoms with Gasteiger partial charge < -0.3 is 15.0 Å². The fraction of sp³-hybridized carbons (Fsp3) is 0.436. The Hall–Kier alpha value is -4.46. The van der Waals surface area contributed by atoms with Crippen molar-refractivity contribution < 1.29 is 17.9 Å². The van der Waals surface area contributed by atoms with Crippen LogP contribution in [0.4, 0.5) is 16.6 Å². The topological polar surface area (TPSA) is 128 Å². The number of pyridine rings is 1. The summed E-state index contributed by atoms with van der Waals surface area (Å²) in [5.41, 5.74) is 4.70. The highest BCUT2D eigenvalue weighted by atomic mass is 35.5. The number of rotatable bonds is 9. The molecule has 12 nitrogen and oxygen atoms in total. The van der Waals surface area contributed by atoms with Crippen LogP contribution in [0.1, 0.15) is 101 Å². The maximum absolute atomic E-state index is 13.7. The molecule has 2 N–H and O–H groups in total. The van der Waals surface area contributed by atoms with E-state index >= 15 is 0 Å². The predicted molar refractivity (Wildman–Crippen MR) is 208 cm³/mol. The van der Waals surface area contributed by atoms with Crippen LogP contribution in [0, 0.1) is 0 Å². The summed E-state index contributed by atoms with van der Waals surface area (Å²) in [7, 11) is 0. The maximum atomic E-state index is 13.7. The number of urea groups is 1. The Morgan fingerprint density at radius 3 is 2.47 bits per heavy atom. The van der Waals surface area contributed by atoms with Gasteiger partial charge in [-0.1, -0.05) is 56.6 Å². The lowest BCUT2D eigenvalue weighted by atomic mass is 9.85. The van der Waals surface area contributed by atoms with Crippen molar-refractivity contribution in [2.75, 3.05) is 16.5 Å². The normalized spacial score (nSPS) is 20.9. The molecule has 2 amide bonds. The molecule has 1 saturated heterocycles. The van der Waals surface area contributed by atoms with E-state index < -0.39 is 11.1 Å². The molecule has 4 heterocycles. The zero-order valence-electron chi connectivity index (χ0n) is 31.0. The summed E-state index contributed by atoms with van der Waals surface area (Å²) in [6, 6.07) is 19.5. The van der Waals surface area contributed by atoms with Crippen molar-refractivity contribution in [2.24, 2.45) is 0 Å². The monoisotopic (exact) mass is 758 g/mol. The largest absolute Gasteiger partial charge is 0.484 e. The van der Waals surface area contributed by atoms with Gasteiger partial charge in [0.15, 0.2) is 16.7 Å². The minimum Gasteiger partial charge on any atom is -0.484 e. The Bertz CT molecular complexity index is 2140. The van der Waals surface area contributed by atoms with E-state index in [0.29, 0.717) is 47.0 Å². The van der Waals surface area contributed by atoms with E-state index in [1.165, 1.54) is 12.7 Å². The minimum absolute atomic E-state index is 0.0752. The first kappa shape index (κ1) is 36.9. The molecule has 3 aromatic heterocycles. The molecule has 0 saturated carbocycles. The summed E-state index contributed by atoms with van der Waals surface area (Å²) < 4.78 is 27.3. The number of fused-ring (bicyclic) bond motifs is 2. The van der Waals surface area contributed by atoms with Gasteiger partial charge >= 0.3 is 6.03 Å². The van der Waals surface area contributed by atoms with E-state index in [1.807, 2.05) is 53.1 Å². The fourth-order valence-corrected chi connectivity index (χ4v) is 7.87. The van der Waals surface area contributed by atoms with Crippen molar-refractivity contribution in [3.63, 3.8) is 0 Å². The van der Waals surface area contributed by atoms with Gasteiger partial charge in [0.05, 0.1) is 30.2 Å². The minimum atomic E-state index is -1.45. The van der Waals surface area contributed by atoms with Crippen molar-refractivity contribution in [1.29, 1.82) is 0 Å². The van der Waals surface area contributed by atoms with Crippen LogP contribution in [-0.2, 0) is 27.3 Å². The molecule has 7 rings (SSSR count). The molecular formula is C39H47ClN8O4S. The van der Waals surface area contributed by atoms with Crippen LogP contribution >= 0.6 is 11.6 Å². The van der Waals surface area contributed by atoms with Gasteiger partial charge in [0.2, 0.25) is 5.95 Å². The Labute approximate surface area is 317 Å². The summed E-state index contributed by atoms with van der Waals surface area (Å²) in [5, 5.41) is 20.6. The van der Waals surface area contributed by atoms with Gasteiger partial charge in [-0.25, -0.2) is 13.7 Å². The lowest BCUT2D eigenvalue weighted by molar-refractivity contribution is 0.171. The molecule has 280 valence electrons. The number of carbonyl (C=O) groups is 1. The Morgan fingerprint density at radius 2 is 1.74 bits per heavy atom. The Balaban J connectivity index is 1.09. The van der Waals surface area contributed by atoms with E-state index in [9.17, 15) is 9.00 Å². The summed E-state index contributed by atoms with van der Waals surface area (Å²) in [5.74, 6) is 2.09. The van der Waals surface area contributed by atoms with Crippen molar-refractivity contribution in [3.8, 4) is 11.4 Å². The second kappa shape index (κ2) is 15.1. The van der Waals surface area contributed by atoms with E-state index in [4.69, 9.17) is 25.6 Å². The smallest absolute Gasteiger partial charge is 0.320 e. The highest BCUT2D eigenvalue weighted by molar-refractivity contribution is 7.79. The van der Waals surface area contributed by atoms with E-state index in [-0.39, 0.29) is 30.2 Å². The Kier molecular flexibility index (Phi) is 10.5. The molecule has 0 spiro atoms. The average Bonchev–Trinajstić information content (AvgIpc) is 3.73. The fourth-order valence-electron chi connectivity index (χ4n) is 7.40. The highest BCUT2D eigenvalue weighted by Crippen LogP contribution is 2.39. The van der Waals surface area contributed by atoms with Crippen molar-refractivity contribution in [3.05, 3.63) is 94.3 Å². The molecule has 2 aromatic carbocycles. The lowest BCUT2D eigenvalue weighted by Gasteiger charge is -2.39. The van der Waals surface area contributed by atoms with E-state index in [0.717, 1.165) is 47.0 Å². The van der Waals surface area contributed by atoms with Crippen LogP contribution in [0.15, 0.2) is 66.9 Å². The number of ether oxygens (including phenoxy) is 1. The first-order chi connectivity index (χ1) is 25.4. The molecule has 14 heteroatoms. The first-order valence-corrected chi connectivity index (χ1v) is 20.0. The first-order valence-electron chi connectivity index (χ1n) is 18.2. The SMILES string of the molecule is CC1CCCC(C)N1c1nnc2ccc(OC3CCC(NC(=O)Nc4cc(C(C)(C)C)nn4-c4ccc(Cl)c(COS(C)=O)c4)c4ccccc43)cn12. The van der Waals surface area contributed by atoms with E-state index in [2.05, 4.69) is 72.5 Å². The molecule has 5 unspecified atom stereocenters. The predicted octanol–water partition coefficient (Wildman–Crippen LogP) is 8.22. The third-order valence-corrected chi connectivity index (χ3v) is 11.0. The third kappa shape index (κ3) is 7.92. The van der Waals surface area contributed by atoms with Crippen LogP contribution in [-0.4, -0.2) is 53.0 Å². The van der Waals surface area contributed by atoms with Gasteiger partial charge in [-0.3, -0.25) is 13.9 Å². The molecular weight excluding hydrogens is 712 g/mol. The number of anilines is 2. The van der Waals surface area contributed by atoms with Crippen LogP contribution < -0.4 is 20.3 Å². The number of nitrogens with zero attached hydrogens (tertiary/aromatic N) is 6. The number of hydrogen-bond donors (Lipinski definition) is 2. The van der Waals surface area contributed by atoms with Gasteiger partial charge in [0.25, 0.3) is 0 Å². The van der Waals surface area contributed by atoms with Gasteiger partial charge in [-0.2, -0.15) is 5.10 Å². The number of nitrogens with one attached hydrogen (secondary N) is 2. The molecule has 2 aliphatic rings. The summed E-state index contributed by atoms with van der Waals surface area (Å²) >= 11 is 4.99. The number of hydrogen-bond acceptors (Lipinski definition) is 8. The third-order valence-electron chi connectivity index (χ3n) is 10.2. The molecule has 1 aliphatic heterocycles. The van der Waals surface area contributed by atoms with Crippen LogP contribution in [0.5, 0.6) is 5.75 Å². The molecule has 53 heavy (non-hydrogen) atoms. The number of amides is 2. The quantitative estimate of drug-likeness (QED) is 0.154. The van der Waals surface area contributed by atoms with Gasteiger partial charge in [-0.05, 0) is 93.0 Å². The number of halogens is 1. The summed E-state index contributed by atoms with van der Waals surface area (Å²) in [4.78, 5) is 16.1. The molecule has 0 radical (unpaired) electrons. The molecule has 1 aliphatic carbocycles.